The molecule has 2 aromatic rings. The second-order valence-corrected chi connectivity index (χ2v) is 10.1. The quantitative estimate of drug-likeness (QED) is 0.671. The maximum atomic E-state index is 14.3. The molecule has 2 atom stereocenters. The van der Waals surface area contributed by atoms with Crippen molar-refractivity contribution in [3.8, 4) is 6.07 Å². The molecule has 12 heteroatoms. The van der Waals surface area contributed by atoms with Gasteiger partial charge < -0.3 is 19.9 Å². The molecule has 0 bridgehead atoms. The lowest BCUT2D eigenvalue weighted by atomic mass is 9.89. The first-order valence-electron chi connectivity index (χ1n) is 12.2. The van der Waals surface area contributed by atoms with E-state index in [0.717, 1.165) is 12.3 Å². The lowest BCUT2D eigenvalue weighted by molar-refractivity contribution is -0.140. The third-order valence-electron chi connectivity index (χ3n) is 7.71. The molecule has 4 fully saturated rings. The highest BCUT2D eigenvalue weighted by Crippen LogP contribution is 2.48. The van der Waals surface area contributed by atoms with Crippen molar-refractivity contribution in [3.63, 3.8) is 0 Å². The van der Waals surface area contributed by atoms with E-state index in [-0.39, 0.29) is 11.9 Å². The number of rotatable bonds is 4. The van der Waals surface area contributed by atoms with Crippen LogP contribution in [-0.2, 0) is 9.53 Å². The summed E-state index contributed by atoms with van der Waals surface area (Å²) in [5.74, 6) is -3.12. The second-order valence-electron chi connectivity index (χ2n) is 10.1. The van der Waals surface area contributed by atoms with Gasteiger partial charge in [0.25, 0.3) is 11.8 Å². The van der Waals surface area contributed by atoms with E-state index in [9.17, 15) is 28.0 Å². The van der Waals surface area contributed by atoms with E-state index in [0.29, 0.717) is 57.2 Å². The monoisotopic (exact) mass is 512 g/mol. The largest absolute Gasteiger partial charge is 0.342 e. The van der Waals surface area contributed by atoms with Crippen molar-refractivity contribution in [3.05, 3.63) is 53.1 Å². The van der Waals surface area contributed by atoms with Crippen molar-refractivity contribution in [2.24, 2.45) is 0 Å². The Bertz CT molecular complexity index is 1320. The fourth-order valence-electron chi connectivity index (χ4n) is 5.54. The number of nitrogens with zero attached hydrogens (tertiary/aromatic N) is 5. The van der Waals surface area contributed by atoms with E-state index in [1.165, 1.54) is 12.1 Å². The van der Waals surface area contributed by atoms with Gasteiger partial charge in [-0.05, 0) is 43.4 Å². The van der Waals surface area contributed by atoms with Gasteiger partial charge in [-0.25, -0.2) is 23.1 Å². The number of aromatic nitrogens is 2. The number of halogens is 3. The number of carbonyl (C=O) groups excluding carboxylic acids is 2. The lowest BCUT2D eigenvalue weighted by Crippen LogP contribution is -2.51. The van der Waals surface area contributed by atoms with Crippen LogP contribution in [0.25, 0.3) is 0 Å². The molecule has 0 unspecified atom stereocenters. The van der Waals surface area contributed by atoms with Gasteiger partial charge in [-0.1, -0.05) is 0 Å². The zero-order valence-electron chi connectivity index (χ0n) is 19.7. The lowest BCUT2D eigenvalue weighted by Gasteiger charge is -2.37. The Balaban J connectivity index is 1.16. The number of hydrogen-bond acceptors (Lipinski definition) is 7. The average Bonchev–Trinajstić information content (AvgIpc) is 3.45. The Morgan fingerprint density at radius 3 is 2.46 bits per heavy atom. The zero-order valence-corrected chi connectivity index (χ0v) is 19.7. The standard InChI is InChI=1S/C25H23F3N6O3/c26-15-9-14(10-16(27)11-15)18-1-2-19-34(18)22(36)25(37-19)5-7-33(8-6-25)23-30-12-17(28)20(31-23)21(35)32-24(13-29)3-4-24/h9-12,18-19H,1-8H2,(H,32,35)/t18-,19+/m0/s1. The van der Waals surface area contributed by atoms with E-state index in [1.54, 1.807) is 9.80 Å². The molecule has 37 heavy (non-hydrogen) atoms. The summed E-state index contributed by atoms with van der Waals surface area (Å²) in [7, 11) is 0. The van der Waals surface area contributed by atoms with E-state index in [1.807, 2.05) is 6.07 Å². The molecule has 4 aliphatic rings. The summed E-state index contributed by atoms with van der Waals surface area (Å²) in [6.45, 7) is 0.640. The van der Waals surface area contributed by atoms with Crippen molar-refractivity contribution in [2.75, 3.05) is 18.0 Å². The maximum Gasteiger partial charge on any atom is 0.274 e. The Kier molecular flexibility index (Phi) is 5.38. The molecule has 6 rings (SSSR count). The van der Waals surface area contributed by atoms with E-state index < -0.39 is 52.5 Å². The predicted molar refractivity (Wildman–Crippen MR) is 121 cm³/mol. The number of nitriles is 1. The summed E-state index contributed by atoms with van der Waals surface area (Å²) in [4.78, 5) is 37.6. The van der Waals surface area contributed by atoms with Crippen LogP contribution in [0.1, 0.15) is 60.6 Å². The summed E-state index contributed by atoms with van der Waals surface area (Å²) in [6.07, 6.45) is 3.18. The average molecular weight is 512 g/mol. The van der Waals surface area contributed by atoms with Crippen molar-refractivity contribution >= 4 is 17.8 Å². The number of ether oxygens (including phenoxy) is 1. The third kappa shape index (κ3) is 3.98. The van der Waals surface area contributed by atoms with Crippen molar-refractivity contribution in [1.29, 1.82) is 5.26 Å². The highest BCUT2D eigenvalue weighted by Gasteiger charge is 2.58. The van der Waals surface area contributed by atoms with Gasteiger partial charge in [0.2, 0.25) is 5.95 Å². The number of nitrogens with one attached hydrogen (secondary N) is 1. The van der Waals surface area contributed by atoms with Crippen molar-refractivity contribution in [2.45, 2.75) is 61.9 Å². The Hall–Kier alpha value is -3.72. The van der Waals surface area contributed by atoms with E-state index in [2.05, 4.69) is 15.3 Å². The molecule has 2 amide bonds. The normalized spacial score (nSPS) is 25.2. The summed E-state index contributed by atoms with van der Waals surface area (Å²) in [5, 5.41) is 11.7. The van der Waals surface area contributed by atoms with E-state index >= 15 is 0 Å². The van der Waals surface area contributed by atoms with Crippen molar-refractivity contribution < 1.29 is 27.5 Å². The molecule has 1 N–H and O–H groups in total. The first kappa shape index (κ1) is 23.7. The number of benzene rings is 1. The Morgan fingerprint density at radius 1 is 1.11 bits per heavy atom. The molecule has 192 valence electrons. The molecular weight excluding hydrogens is 489 g/mol. The predicted octanol–water partition coefficient (Wildman–Crippen LogP) is 2.74. The number of piperidine rings is 1. The van der Waals surface area contributed by atoms with Crippen LogP contribution in [0.15, 0.2) is 24.4 Å². The van der Waals surface area contributed by atoms with Crippen molar-refractivity contribution in [1.82, 2.24) is 20.2 Å². The van der Waals surface area contributed by atoms with Crippen LogP contribution in [0, 0.1) is 28.8 Å². The molecule has 1 aromatic carbocycles. The second kappa shape index (κ2) is 8.41. The first-order valence-corrected chi connectivity index (χ1v) is 12.2. The molecular formula is C25H23F3N6O3. The van der Waals surface area contributed by atoms with Gasteiger partial charge in [-0.15, -0.1) is 0 Å². The number of carbonyl (C=O) groups is 2. The summed E-state index contributed by atoms with van der Waals surface area (Å²) < 4.78 is 48.2. The molecule has 9 nitrogen and oxygen atoms in total. The maximum absolute atomic E-state index is 14.3. The summed E-state index contributed by atoms with van der Waals surface area (Å²) in [6, 6.07) is 4.85. The van der Waals surface area contributed by atoms with Gasteiger partial charge in [-0.3, -0.25) is 9.59 Å². The highest BCUT2D eigenvalue weighted by atomic mass is 19.1. The molecule has 0 radical (unpaired) electrons. The van der Waals surface area contributed by atoms with Gasteiger partial charge in [0.15, 0.2) is 17.1 Å². The number of hydrogen-bond donors (Lipinski definition) is 1. The van der Waals surface area contributed by atoms with Crippen LogP contribution in [-0.4, -0.2) is 57.1 Å². The molecule has 3 saturated heterocycles. The number of anilines is 1. The molecule has 1 spiro atoms. The fourth-order valence-corrected chi connectivity index (χ4v) is 5.54. The van der Waals surface area contributed by atoms with Crippen LogP contribution in [0.4, 0.5) is 19.1 Å². The van der Waals surface area contributed by atoms with Crippen LogP contribution < -0.4 is 10.2 Å². The number of amides is 2. The Labute approximate surface area is 210 Å². The fraction of sp³-hybridized carbons (Fsp3) is 0.480. The first-order chi connectivity index (χ1) is 17.7. The van der Waals surface area contributed by atoms with Crippen LogP contribution >= 0.6 is 0 Å². The summed E-state index contributed by atoms with van der Waals surface area (Å²) >= 11 is 0. The van der Waals surface area contributed by atoms with Gasteiger partial charge in [0.05, 0.1) is 18.3 Å². The van der Waals surface area contributed by atoms with Gasteiger partial charge in [0.1, 0.15) is 23.4 Å². The molecule has 4 heterocycles. The smallest absolute Gasteiger partial charge is 0.274 e. The van der Waals surface area contributed by atoms with Crippen LogP contribution in [0.2, 0.25) is 0 Å². The van der Waals surface area contributed by atoms with Gasteiger partial charge in [-0.2, -0.15) is 5.26 Å². The highest BCUT2D eigenvalue weighted by molar-refractivity contribution is 5.94. The van der Waals surface area contributed by atoms with Crippen LogP contribution in [0.5, 0.6) is 0 Å². The SMILES string of the molecule is N#CC1(NC(=O)c2nc(N3CCC4(CC3)O[C@@H]3CC[C@@H](c5cc(F)cc(F)c5)N3C4=O)ncc2F)CC1. The molecule has 1 aromatic heterocycles. The topological polar surface area (TPSA) is 111 Å². The molecule has 1 saturated carbocycles. The molecule has 3 aliphatic heterocycles. The summed E-state index contributed by atoms with van der Waals surface area (Å²) in [5.41, 5.74) is -2.07. The van der Waals surface area contributed by atoms with E-state index in [4.69, 9.17) is 4.74 Å². The Morgan fingerprint density at radius 2 is 1.81 bits per heavy atom. The minimum absolute atomic E-state index is 0.141. The minimum atomic E-state index is -1.07. The van der Waals surface area contributed by atoms with Gasteiger partial charge >= 0.3 is 0 Å². The third-order valence-corrected chi connectivity index (χ3v) is 7.71. The number of fused-ring (bicyclic) bond motifs is 1. The minimum Gasteiger partial charge on any atom is -0.342 e. The zero-order chi connectivity index (χ0) is 25.9. The molecule has 1 aliphatic carbocycles. The van der Waals surface area contributed by atoms with Crippen LogP contribution in [0.3, 0.4) is 0 Å². The van der Waals surface area contributed by atoms with Gasteiger partial charge in [0, 0.05) is 32.0 Å².